The number of halogens is 1. The fourth-order valence-corrected chi connectivity index (χ4v) is 4.83. The second-order valence-corrected chi connectivity index (χ2v) is 10.1. The highest BCUT2D eigenvalue weighted by atomic mass is 35.5. The van der Waals surface area contributed by atoms with E-state index in [0.717, 1.165) is 34.9 Å². The Kier molecular flexibility index (Phi) is 6.79. The molecule has 1 heterocycles. The molecular weight excluding hydrogens is 406 g/mol. The summed E-state index contributed by atoms with van der Waals surface area (Å²) in [5, 5.41) is 3.93. The third kappa shape index (κ3) is 4.89. The second-order valence-electron chi connectivity index (χ2n) is 8.32. The summed E-state index contributed by atoms with van der Waals surface area (Å²) in [6.45, 7) is 8.50. The number of esters is 1. The van der Waals surface area contributed by atoms with Gasteiger partial charge in [-0.2, -0.15) is 11.8 Å². The largest absolute Gasteiger partial charge is 0.461 e. The molecule has 0 radical (unpaired) electrons. The highest BCUT2D eigenvalue weighted by Gasteiger charge is 2.43. The number of rotatable bonds is 6. The summed E-state index contributed by atoms with van der Waals surface area (Å²) in [7, 11) is 0. The lowest BCUT2D eigenvalue weighted by Crippen LogP contribution is -2.38. The molecule has 1 atom stereocenters. The van der Waals surface area contributed by atoms with Gasteiger partial charge in [0.2, 0.25) is 0 Å². The van der Waals surface area contributed by atoms with Gasteiger partial charge < -0.3 is 10.1 Å². The molecule has 1 N–H and O–H groups in total. The molecule has 1 aromatic carbocycles. The lowest BCUT2D eigenvalue weighted by atomic mass is 9.68. The first kappa shape index (κ1) is 22.0. The van der Waals surface area contributed by atoms with E-state index in [1.54, 1.807) is 17.8 Å². The SMILES string of the molecule is CCSCCOC(=O)C1=C(C)NC2=C(C(=O)CC(C)(C)C2)[C@H]1c1cccc(Cl)c1. The van der Waals surface area contributed by atoms with Crippen molar-refractivity contribution in [3.8, 4) is 0 Å². The first-order chi connectivity index (χ1) is 13.7. The van der Waals surface area contributed by atoms with Gasteiger partial charge in [0, 0.05) is 40.1 Å². The Morgan fingerprint density at radius 1 is 1.34 bits per heavy atom. The molecule has 0 unspecified atom stereocenters. The summed E-state index contributed by atoms with van der Waals surface area (Å²) in [6, 6.07) is 7.41. The summed E-state index contributed by atoms with van der Waals surface area (Å²) < 4.78 is 5.57. The molecule has 0 spiro atoms. The van der Waals surface area contributed by atoms with Crippen molar-refractivity contribution in [2.45, 2.75) is 46.5 Å². The normalized spacial score (nSPS) is 21.0. The van der Waals surface area contributed by atoms with E-state index in [4.69, 9.17) is 16.3 Å². The molecule has 1 aliphatic heterocycles. The van der Waals surface area contributed by atoms with Crippen LogP contribution in [-0.4, -0.2) is 29.9 Å². The predicted molar refractivity (Wildman–Crippen MR) is 119 cm³/mol. The average Bonchev–Trinajstić information content (AvgIpc) is 2.63. The standard InChI is InChI=1S/C23H28ClNO3S/c1-5-29-10-9-28-22(27)19-14(2)25-17-12-23(3,4)13-18(26)21(17)20(19)15-7-6-8-16(24)11-15/h6-8,11,20,25H,5,9-10,12-13H2,1-4H3/t20-/m0/s1. The third-order valence-corrected chi connectivity index (χ3v) is 6.41. The molecular formula is C23H28ClNO3S. The number of ether oxygens (including phenoxy) is 1. The summed E-state index contributed by atoms with van der Waals surface area (Å²) in [4.78, 5) is 26.2. The van der Waals surface area contributed by atoms with Crippen molar-refractivity contribution in [2.75, 3.05) is 18.1 Å². The minimum absolute atomic E-state index is 0.0769. The van der Waals surface area contributed by atoms with Crippen LogP contribution in [0.3, 0.4) is 0 Å². The van der Waals surface area contributed by atoms with Crippen molar-refractivity contribution in [1.82, 2.24) is 5.32 Å². The van der Waals surface area contributed by atoms with Gasteiger partial charge in [0.05, 0.1) is 5.57 Å². The number of benzene rings is 1. The summed E-state index contributed by atoms with van der Waals surface area (Å²) in [5.41, 5.74) is 3.55. The van der Waals surface area contributed by atoms with E-state index in [2.05, 4.69) is 26.1 Å². The zero-order chi connectivity index (χ0) is 21.2. The van der Waals surface area contributed by atoms with E-state index in [0.29, 0.717) is 29.2 Å². The quantitative estimate of drug-likeness (QED) is 0.491. The zero-order valence-electron chi connectivity index (χ0n) is 17.4. The maximum Gasteiger partial charge on any atom is 0.336 e. The van der Waals surface area contributed by atoms with E-state index >= 15 is 0 Å². The number of ketones is 1. The molecule has 1 aromatic rings. The van der Waals surface area contributed by atoms with E-state index in [-0.39, 0.29) is 17.2 Å². The number of hydrogen-bond acceptors (Lipinski definition) is 5. The van der Waals surface area contributed by atoms with Gasteiger partial charge in [0.1, 0.15) is 6.61 Å². The summed E-state index contributed by atoms with van der Waals surface area (Å²) >= 11 is 7.98. The molecule has 6 heteroatoms. The number of nitrogens with one attached hydrogen (secondary N) is 1. The van der Waals surface area contributed by atoms with E-state index in [1.807, 2.05) is 25.1 Å². The van der Waals surface area contributed by atoms with Crippen LogP contribution >= 0.6 is 23.4 Å². The number of dihydropyridines is 1. The van der Waals surface area contributed by atoms with Crippen LogP contribution in [0.25, 0.3) is 0 Å². The van der Waals surface area contributed by atoms with Gasteiger partial charge >= 0.3 is 5.97 Å². The highest BCUT2D eigenvalue weighted by Crippen LogP contribution is 2.47. The van der Waals surface area contributed by atoms with Crippen molar-refractivity contribution in [3.05, 3.63) is 57.4 Å². The van der Waals surface area contributed by atoms with Crippen LogP contribution in [0, 0.1) is 5.41 Å². The van der Waals surface area contributed by atoms with Gasteiger partial charge in [0.25, 0.3) is 0 Å². The Morgan fingerprint density at radius 3 is 2.79 bits per heavy atom. The second kappa shape index (κ2) is 8.97. The maximum absolute atomic E-state index is 13.2. The van der Waals surface area contributed by atoms with Crippen molar-refractivity contribution in [1.29, 1.82) is 0 Å². The number of carbonyl (C=O) groups is 2. The molecule has 1 aliphatic carbocycles. The zero-order valence-corrected chi connectivity index (χ0v) is 19.0. The molecule has 156 valence electrons. The van der Waals surface area contributed by atoms with Crippen LogP contribution in [0.4, 0.5) is 0 Å². The van der Waals surface area contributed by atoms with Crippen LogP contribution in [0.15, 0.2) is 46.8 Å². The van der Waals surface area contributed by atoms with Crippen molar-refractivity contribution in [2.24, 2.45) is 5.41 Å². The lowest BCUT2D eigenvalue weighted by Gasteiger charge is -2.39. The minimum atomic E-state index is -0.458. The molecule has 4 nitrogen and oxygen atoms in total. The third-order valence-electron chi connectivity index (χ3n) is 5.31. The molecule has 3 rings (SSSR count). The van der Waals surface area contributed by atoms with Gasteiger partial charge in [-0.25, -0.2) is 4.79 Å². The fourth-order valence-electron chi connectivity index (χ4n) is 4.14. The Hall–Kier alpha value is -1.72. The molecule has 29 heavy (non-hydrogen) atoms. The Labute approximate surface area is 182 Å². The molecule has 0 amide bonds. The van der Waals surface area contributed by atoms with Crippen LogP contribution in [0.1, 0.15) is 52.0 Å². The lowest BCUT2D eigenvalue weighted by molar-refractivity contribution is -0.138. The maximum atomic E-state index is 13.2. The first-order valence-corrected chi connectivity index (χ1v) is 11.5. The van der Waals surface area contributed by atoms with Crippen molar-refractivity contribution < 1.29 is 14.3 Å². The van der Waals surface area contributed by atoms with E-state index in [9.17, 15) is 9.59 Å². The van der Waals surface area contributed by atoms with Crippen molar-refractivity contribution in [3.63, 3.8) is 0 Å². The smallest absolute Gasteiger partial charge is 0.336 e. The molecule has 0 aromatic heterocycles. The van der Waals surface area contributed by atoms with E-state index < -0.39 is 5.92 Å². The van der Waals surface area contributed by atoms with Gasteiger partial charge in [-0.05, 0) is 42.2 Å². The first-order valence-electron chi connectivity index (χ1n) is 9.98. The topological polar surface area (TPSA) is 55.4 Å². The summed E-state index contributed by atoms with van der Waals surface area (Å²) in [6.07, 6.45) is 1.22. The van der Waals surface area contributed by atoms with Gasteiger partial charge in [-0.1, -0.05) is 44.5 Å². The van der Waals surface area contributed by atoms with Crippen LogP contribution < -0.4 is 5.32 Å². The fraction of sp³-hybridized carbons (Fsp3) is 0.478. The molecule has 0 fully saturated rings. The summed E-state index contributed by atoms with van der Waals surface area (Å²) in [5.74, 6) is 0.978. The van der Waals surface area contributed by atoms with E-state index in [1.165, 1.54) is 0 Å². The highest BCUT2D eigenvalue weighted by molar-refractivity contribution is 7.99. The average molecular weight is 434 g/mol. The van der Waals surface area contributed by atoms with Gasteiger partial charge in [-0.3, -0.25) is 4.79 Å². The van der Waals surface area contributed by atoms with Crippen molar-refractivity contribution >= 4 is 35.1 Å². The molecule has 0 saturated heterocycles. The molecule has 0 saturated carbocycles. The molecule has 0 bridgehead atoms. The number of Topliss-reactive ketones (excluding diaryl/α,β-unsaturated/α-hetero) is 1. The number of hydrogen-bond donors (Lipinski definition) is 1. The number of carbonyl (C=O) groups excluding carboxylic acids is 2. The number of allylic oxidation sites excluding steroid dienone is 3. The monoisotopic (exact) mass is 433 g/mol. The Morgan fingerprint density at radius 2 is 2.10 bits per heavy atom. The molecule has 2 aliphatic rings. The van der Waals surface area contributed by atoms with Gasteiger partial charge in [-0.15, -0.1) is 0 Å². The van der Waals surface area contributed by atoms with Crippen LogP contribution in [0.5, 0.6) is 0 Å². The predicted octanol–water partition coefficient (Wildman–Crippen LogP) is 5.24. The Balaban J connectivity index is 2.03. The number of thioether (sulfide) groups is 1. The van der Waals surface area contributed by atoms with Crippen LogP contribution in [-0.2, 0) is 14.3 Å². The Bertz CT molecular complexity index is 888. The van der Waals surface area contributed by atoms with Gasteiger partial charge in [0.15, 0.2) is 5.78 Å². The minimum Gasteiger partial charge on any atom is -0.461 e. The van der Waals surface area contributed by atoms with Crippen LogP contribution in [0.2, 0.25) is 5.02 Å².